The SMILES string of the molecule is CNC(c1ccc(F)cc1)c1cc(F)c(F)cc1F. The molecule has 0 bridgehead atoms. The van der Waals surface area contributed by atoms with Gasteiger partial charge >= 0.3 is 0 Å². The van der Waals surface area contributed by atoms with E-state index >= 15 is 0 Å². The molecule has 0 aromatic heterocycles. The lowest BCUT2D eigenvalue weighted by Crippen LogP contribution is -2.19. The van der Waals surface area contributed by atoms with Gasteiger partial charge in [0.1, 0.15) is 11.6 Å². The number of hydrogen-bond acceptors (Lipinski definition) is 1. The highest BCUT2D eigenvalue weighted by Crippen LogP contribution is 2.26. The molecule has 0 heterocycles. The molecule has 2 aromatic carbocycles. The zero-order valence-electron chi connectivity index (χ0n) is 10.1. The summed E-state index contributed by atoms with van der Waals surface area (Å²) in [5.41, 5.74) is 0.516. The molecule has 0 aliphatic carbocycles. The van der Waals surface area contributed by atoms with E-state index in [1.807, 2.05) is 0 Å². The monoisotopic (exact) mass is 269 g/mol. The molecule has 1 N–H and O–H groups in total. The van der Waals surface area contributed by atoms with Gasteiger partial charge in [-0.2, -0.15) is 0 Å². The third-order valence-corrected chi connectivity index (χ3v) is 2.84. The molecule has 19 heavy (non-hydrogen) atoms. The number of nitrogens with one attached hydrogen (secondary N) is 1. The van der Waals surface area contributed by atoms with Gasteiger partial charge in [0.2, 0.25) is 0 Å². The van der Waals surface area contributed by atoms with Gasteiger partial charge in [-0.1, -0.05) is 12.1 Å². The summed E-state index contributed by atoms with van der Waals surface area (Å²) in [5, 5.41) is 2.79. The van der Waals surface area contributed by atoms with Crippen LogP contribution in [0.15, 0.2) is 36.4 Å². The molecule has 0 fully saturated rings. The molecule has 0 saturated heterocycles. The lowest BCUT2D eigenvalue weighted by molar-refractivity contribution is 0.483. The average Bonchev–Trinajstić information content (AvgIpc) is 2.38. The zero-order chi connectivity index (χ0) is 14.0. The molecule has 0 amide bonds. The maximum Gasteiger partial charge on any atom is 0.161 e. The highest BCUT2D eigenvalue weighted by Gasteiger charge is 2.19. The van der Waals surface area contributed by atoms with Crippen LogP contribution >= 0.6 is 0 Å². The number of halogens is 4. The van der Waals surface area contributed by atoms with Crippen molar-refractivity contribution in [3.05, 3.63) is 70.8 Å². The van der Waals surface area contributed by atoms with Crippen LogP contribution in [0.5, 0.6) is 0 Å². The molecular weight excluding hydrogens is 258 g/mol. The molecule has 0 aliphatic heterocycles. The van der Waals surface area contributed by atoms with Gasteiger partial charge in [0.05, 0.1) is 6.04 Å². The molecule has 0 spiro atoms. The molecule has 2 rings (SSSR count). The average molecular weight is 269 g/mol. The first-order chi connectivity index (χ1) is 9.02. The van der Waals surface area contributed by atoms with Crippen molar-refractivity contribution in [3.8, 4) is 0 Å². The fourth-order valence-corrected chi connectivity index (χ4v) is 1.92. The summed E-state index contributed by atoms with van der Waals surface area (Å²) < 4.78 is 52.7. The highest BCUT2D eigenvalue weighted by molar-refractivity contribution is 5.33. The fourth-order valence-electron chi connectivity index (χ4n) is 1.92. The molecule has 0 radical (unpaired) electrons. The molecule has 100 valence electrons. The molecule has 2 aromatic rings. The van der Waals surface area contributed by atoms with Crippen molar-refractivity contribution in [3.63, 3.8) is 0 Å². The summed E-state index contributed by atoms with van der Waals surface area (Å²) in [5.74, 6) is -3.65. The lowest BCUT2D eigenvalue weighted by atomic mass is 9.98. The van der Waals surface area contributed by atoms with Crippen molar-refractivity contribution >= 4 is 0 Å². The van der Waals surface area contributed by atoms with Crippen LogP contribution in [0.3, 0.4) is 0 Å². The topological polar surface area (TPSA) is 12.0 Å². The largest absolute Gasteiger partial charge is 0.309 e. The molecule has 1 unspecified atom stereocenters. The van der Waals surface area contributed by atoms with Crippen molar-refractivity contribution in [1.82, 2.24) is 5.32 Å². The second kappa shape index (κ2) is 5.40. The Morgan fingerprint density at radius 2 is 1.42 bits per heavy atom. The van der Waals surface area contributed by atoms with Crippen LogP contribution in [0.2, 0.25) is 0 Å². The zero-order valence-corrected chi connectivity index (χ0v) is 10.1. The normalized spacial score (nSPS) is 12.5. The number of rotatable bonds is 3. The van der Waals surface area contributed by atoms with Gasteiger partial charge in [0.15, 0.2) is 11.6 Å². The van der Waals surface area contributed by atoms with Crippen molar-refractivity contribution in [2.45, 2.75) is 6.04 Å². The van der Waals surface area contributed by atoms with Gasteiger partial charge in [-0.3, -0.25) is 0 Å². The number of hydrogen-bond donors (Lipinski definition) is 1. The quantitative estimate of drug-likeness (QED) is 0.663. The Labute approximate surface area is 107 Å². The molecular formula is C14H11F4N. The van der Waals surface area contributed by atoms with Crippen LogP contribution in [0.4, 0.5) is 17.6 Å². The van der Waals surface area contributed by atoms with E-state index in [4.69, 9.17) is 0 Å². The predicted molar refractivity (Wildman–Crippen MR) is 63.6 cm³/mol. The first kappa shape index (κ1) is 13.5. The van der Waals surface area contributed by atoms with E-state index in [0.29, 0.717) is 11.6 Å². The van der Waals surface area contributed by atoms with Crippen LogP contribution < -0.4 is 5.32 Å². The number of benzene rings is 2. The Bertz CT molecular complexity index is 581. The third kappa shape index (κ3) is 2.76. The van der Waals surface area contributed by atoms with Crippen LogP contribution in [0.25, 0.3) is 0 Å². The third-order valence-electron chi connectivity index (χ3n) is 2.84. The molecule has 0 aliphatic rings. The van der Waals surface area contributed by atoms with E-state index in [-0.39, 0.29) is 5.56 Å². The summed E-state index contributed by atoms with van der Waals surface area (Å²) in [6.07, 6.45) is 0. The Hall–Kier alpha value is -1.88. The van der Waals surface area contributed by atoms with Gasteiger partial charge in [-0.05, 0) is 30.8 Å². The lowest BCUT2D eigenvalue weighted by Gasteiger charge is -2.18. The van der Waals surface area contributed by atoms with E-state index in [1.165, 1.54) is 24.3 Å². The Morgan fingerprint density at radius 3 is 2.00 bits per heavy atom. The van der Waals surface area contributed by atoms with Crippen molar-refractivity contribution in [2.24, 2.45) is 0 Å². The smallest absolute Gasteiger partial charge is 0.161 e. The maximum absolute atomic E-state index is 13.7. The van der Waals surface area contributed by atoms with Gasteiger partial charge in [0, 0.05) is 11.6 Å². The van der Waals surface area contributed by atoms with Gasteiger partial charge in [0.25, 0.3) is 0 Å². The minimum absolute atomic E-state index is 0.0343. The van der Waals surface area contributed by atoms with Crippen molar-refractivity contribution in [2.75, 3.05) is 7.05 Å². The highest BCUT2D eigenvalue weighted by atomic mass is 19.2. The van der Waals surface area contributed by atoms with E-state index in [9.17, 15) is 17.6 Å². The van der Waals surface area contributed by atoms with Gasteiger partial charge in [-0.25, -0.2) is 17.6 Å². The summed E-state index contributed by atoms with van der Waals surface area (Å²) in [4.78, 5) is 0. The maximum atomic E-state index is 13.7. The summed E-state index contributed by atoms with van der Waals surface area (Å²) in [6.45, 7) is 0. The van der Waals surface area contributed by atoms with Crippen molar-refractivity contribution in [1.29, 1.82) is 0 Å². The Balaban J connectivity index is 2.47. The standard InChI is InChI=1S/C14H11F4N/c1-19-14(8-2-4-9(15)5-3-8)10-6-12(17)13(18)7-11(10)16/h2-7,14,19H,1H3. The first-order valence-electron chi connectivity index (χ1n) is 5.60. The predicted octanol–water partition coefficient (Wildman–Crippen LogP) is 3.55. The van der Waals surface area contributed by atoms with Crippen molar-refractivity contribution < 1.29 is 17.6 Å². The van der Waals surface area contributed by atoms with Crippen LogP contribution in [0, 0.1) is 23.3 Å². The van der Waals surface area contributed by atoms with E-state index in [2.05, 4.69) is 5.32 Å². The van der Waals surface area contributed by atoms with Crippen LogP contribution in [-0.2, 0) is 0 Å². The van der Waals surface area contributed by atoms with E-state index in [0.717, 1.165) is 6.07 Å². The second-order valence-electron chi connectivity index (χ2n) is 4.06. The Kier molecular flexibility index (Phi) is 3.85. The molecule has 1 nitrogen and oxygen atoms in total. The van der Waals surface area contributed by atoms with Gasteiger partial charge in [-0.15, -0.1) is 0 Å². The van der Waals surface area contributed by atoms with Gasteiger partial charge < -0.3 is 5.32 Å². The summed E-state index contributed by atoms with van der Waals surface area (Å²) >= 11 is 0. The minimum atomic E-state index is -1.24. The summed E-state index contributed by atoms with van der Waals surface area (Å²) in [6, 6.07) is 5.97. The van der Waals surface area contributed by atoms with E-state index < -0.39 is 29.3 Å². The molecule has 0 saturated carbocycles. The Morgan fingerprint density at radius 1 is 0.842 bits per heavy atom. The van der Waals surface area contributed by atoms with Crippen LogP contribution in [0.1, 0.15) is 17.2 Å². The summed E-state index contributed by atoms with van der Waals surface area (Å²) in [7, 11) is 1.55. The molecule has 5 heteroatoms. The van der Waals surface area contributed by atoms with Crippen LogP contribution in [-0.4, -0.2) is 7.05 Å². The molecule has 1 atom stereocenters. The fraction of sp³-hybridized carbons (Fsp3) is 0.143. The van der Waals surface area contributed by atoms with E-state index in [1.54, 1.807) is 7.05 Å². The minimum Gasteiger partial charge on any atom is -0.309 e. The second-order valence-corrected chi connectivity index (χ2v) is 4.06. The first-order valence-corrected chi connectivity index (χ1v) is 5.60.